The molecule has 0 aliphatic rings. The summed E-state index contributed by atoms with van der Waals surface area (Å²) in [6.07, 6.45) is 5.86. The zero-order valence-corrected chi connectivity index (χ0v) is 12.6. The van der Waals surface area contributed by atoms with E-state index in [-0.39, 0.29) is 11.6 Å². The van der Waals surface area contributed by atoms with Gasteiger partial charge in [-0.15, -0.1) is 0 Å². The van der Waals surface area contributed by atoms with E-state index < -0.39 is 11.7 Å². The van der Waals surface area contributed by atoms with Crippen molar-refractivity contribution < 1.29 is 9.18 Å². The highest BCUT2D eigenvalue weighted by Gasteiger charge is 2.12. The summed E-state index contributed by atoms with van der Waals surface area (Å²) in [6, 6.07) is 3.06. The maximum Gasteiger partial charge on any atom is 0.248 e. The fourth-order valence-corrected chi connectivity index (χ4v) is 2.19. The zero-order valence-electron chi connectivity index (χ0n) is 12.6. The standard InChI is InChI=1S/C16H25FN2O/c1-4-5-6-7-8-11(2)19-15-10-13(16(18)20)9-14(17)12(15)3/h9-11,19H,4-8H2,1-3H3,(H2,18,20). The van der Waals surface area contributed by atoms with Crippen LogP contribution in [0, 0.1) is 12.7 Å². The fourth-order valence-electron chi connectivity index (χ4n) is 2.19. The second kappa shape index (κ2) is 7.88. The number of anilines is 1. The third-order valence-electron chi connectivity index (χ3n) is 3.52. The molecule has 3 N–H and O–H groups in total. The first kappa shape index (κ1) is 16.5. The molecule has 0 saturated carbocycles. The van der Waals surface area contributed by atoms with Crippen LogP contribution >= 0.6 is 0 Å². The molecule has 0 aliphatic heterocycles. The number of nitrogens with one attached hydrogen (secondary N) is 1. The van der Waals surface area contributed by atoms with E-state index in [9.17, 15) is 9.18 Å². The number of nitrogens with two attached hydrogens (primary N) is 1. The van der Waals surface area contributed by atoms with Gasteiger partial charge in [-0.3, -0.25) is 4.79 Å². The van der Waals surface area contributed by atoms with Crippen molar-refractivity contribution in [1.82, 2.24) is 0 Å². The lowest BCUT2D eigenvalue weighted by molar-refractivity contribution is 0.1000. The van der Waals surface area contributed by atoms with Crippen LogP contribution in [0.2, 0.25) is 0 Å². The Bertz CT molecular complexity index is 460. The average Bonchev–Trinajstić information content (AvgIpc) is 2.39. The molecule has 1 atom stereocenters. The fraction of sp³-hybridized carbons (Fsp3) is 0.562. The monoisotopic (exact) mass is 280 g/mol. The Morgan fingerprint density at radius 3 is 2.65 bits per heavy atom. The van der Waals surface area contributed by atoms with Crippen LogP contribution in [0.5, 0.6) is 0 Å². The van der Waals surface area contributed by atoms with E-state index in [2.05, 4.69) is 19.2 Å². The van der Waals surface area contributed by atoms with E-state index >= 15 is 0 Å². The van der Waals surface area contributed by atoms with Crippen molar-refractivity contribution in [2.24, 2.45) is 5.73 Å². The molecule has 1 rings (SSSR count). The van der Waals surface area contributed by atoms with Gasteiger partial charge in [-0.1, -0.05) is 32.6 Å². The van der Waals surface area contributed by atoms with Crippen LogP contribution in [0.1, 0.15) is 61.9 Å². The number of unbranched alkanes of at least 4 members (excludes halogenated alkanes) is 3. The SMILES string of the molecule is CCCCCCC(C)Nc1cc(C(N)=O)cc(F)c1C. The maximum atomic E-state index is 13.8. The van der Waals surface area contributed by atoms with Crippen LogP contribution in [0.15, 0.2) is 12.1 Å². The number of rotatable bonds is 8. The lowest BCUT2D eigenvalue weighted by atomic mass is 10.1. The summed E-state index contributed by atoms with van der Waals surface area (Å²) in [7, 11) is 0. The van der Waals surface area contributed by atoms with Gasteiger partial charge in [-0.05, 0) is 32.4 Å². The van der Waals surface area contributed by atoms with Crippen molar-refractivity contribution in [3.63, 3.8) is 0 Å². The Morgan fingerprint density at radius 2 is 2.05 bits per heavy atom. The molecule has 3 nitrogen and oxygen atoms in total. The molecule has 112 valence electrons. The molecule has 0 aliphatic carbocycles. The lowest BCUT2D eigenvalue weighted by Gasteiger charge is -2.18. The second-order valence-electron chi connectivity index (χ2n) is 5.39. The molecule has 1 aromatic carbocycles. The van der Waals surface area contributed by atoms with Gasteiger partial charge in [0.25, 0.3) is 0 Å². The van der Waals surface area contributed by atoms with Crippen LogP contribution in [-0.4, -0.2) is 11.9 Å². The molecule has 4 heteroatoms. The minimum absolute atomic E-state index is 0.203. The topological polar surface area (TPSA) is 55.1 Å². The Kier molecular flexibility index (Phi) is 6.49. The largest absolute Gasteiger partial charge is 0.382 e. The highest BCUT2D eigenvalue weighted by atomic mass is 19.1. The van der Waals surface area contributed by atoms with E-state index in [1.807, 2.05) is 0 Å². The third-order valence-corrected chi connectivity index (χ3v) is 3.52. The van der Waals surface area contributed by atoms with Crippen molar-refractivity contribution in [1.29, 1.82) is 0 Å². The number of hydrogen-bond donors (Lipinski definition) is 2. The number of benzene rings is 1. The van der Waals surface area contributed by atoms with Gasteiger partial charge < -0.3 is 11.1 Å². The summed E-state index contributed by atoms with van der Waals surface area (Å²) >= 11 is 0. The van der Waals surface area contributed by atoms with Gasteiger partial charge in [-0.25, -0.2) is 4.39 Å². The molecule has 1 aromatic rings. The second-order valence-corrected chi connectivity index (χ2v) is 5.39. The highest BCUT2D eigenvalue weighted by Crippen LogP contribution is 2.22. The van der Waals surface area contributed by atoms with Gasteiger partial charge in [0.05, 0.1) is 0 Å². The number of primary amides is 1. The Balaban J connectivity index is 2.68. The van der Waals surface area contributed by atoms with E-state index in [1.165, 1.54) is 25.3 Å². The number of halogens is 1. The highest BCUT2D eigenvalue weighted by molar-refractivity contribution is 5.94. The van der Waals surface area contributed by atoms with Gasteiger partial charge in [-0.2, -0.15) is 0 Å². The minimum atomic E-state index is -0.609. The van der Waals surface area contributed by atoms with Crippen LogP contribution in [0.3, 0.4) is 0 Å². The summed E-state index contributed by atoms with van der Waals surface area (Å²) in [4.78, 5) is 11.2. The summed E-state index contributed by atoms with van der Waals surface area (Å²) in [5.74, 6) is -1.01. The molecule has 0 saturated heterocycles. The first-order chi connectivity index (χ1) is 9.45. The molecule has 0 radical (unpaired) electrons. The quantitative estimate of drug-likeness (QED) is 0.707. The van der Waals surface area contributed by atoms with Gasteiger partial charge >= 0.3 is 0 Å². The van der Waals surface area contributed by atoms with Crippen LogP contribution in [0.25, 0.3) is 0 Å². The Labute approximate surface area is 120 Å². The van der Waals surface area contributed by atoms with E-state index in [0.29, 0.717) is 11.3 Å². The van der Waals surface area contributed by atoms with Crippen LogP contribution in [0.4, 0.5) is 10.1 Å². The van der Waals surface area contributed by atoms with Crippen molar-refractivity contribution in [3.8, 4) is 0 Å². The normalized spacial score (nSPS) is 12.2. The van der Waals surface area contributed by atoms with Gasteiger partial charge in [0.2, 0.25) is 5.91 Å². The minimum Gasteiger partial charge on any atom is -0.382 e. The predicted molar refractivity (Wildman–Crippen MR) is 81.5 cm³/mol. The zero-order chi connectivity index (χ0) is 15.1. The predicted octanol–water partition coefficient (Wildman–Crippen LogP) is 4.00. The molecule has 1 unspecified atom stereocenters. The number of carbonyl (C=O) groups is 1. The molecular formula is C16H25FN2O. The molecule has 0 heterocycles. The van der Waals surface area contributed by atoms with Gasteiger partial charge in [0.1, 0.15) is 5.82 Å². The van der Waals surface area contributed by atoms with Crippen molar-refractivity contribution in [2.45, 2.75) is 58.9 Å². The molecule has 20 heavy (non-hydrogen) atoms. The van der Waals surface area contributed by atoms with Gasteiger partial charge in [0, 0.05) is 22.9 Å². The molecule has 0 aromatic heterocycles. The summed E-state index contributed by atoms with van der Waals surface area (Å²) in [5, 5.41) is 3.28. The summed E-state index contributed by atoms with van der Waals surface area (Å²) in [5.41, 5.74) is 6.59. The van der Waals surface area contributed by atoms with Gasteiger partial charge in [0.15, 0.2) is 0 Å². The van der Waals surface area contributed by atoms with Crippen molar-refractivity contribution in [2.75, 3.05) is 5.32 Å². The van der Waals surface area contributed by atoms with Crippen LogP contribution < -0.4 is 11.1 Å². The summed E-state index contributed by atoms with van der Waals surface area (Å²) in [6.45, 7) is 5.95. The number of hydrogen-bond acceptors (Lipinski definition) is 2. The number of carbonyl (C=O) groups excluding carboxylic acids is 1. The smallest absolute Gasteiger partial charge is 0.248 e. The molecule has 0 fully saturated rings. The van der Waals surface area contributed by atoms with Crippen LogP contribution in [-0.2, 0) is 0 Å². The number of amides is 1. The van der Waals surface area contributed by atoms with E-state index in [4.69, 9.17) is 5.73 Å². The molecule has 1 amide bonds. The molecule has 0 bridgehead atoms. The molecule has 0 spiro atoms. The third kappa shape index (κ3) is 4.83. The first-order valence-corrected chi connectivity index (χ1v) is 7.32. The first-order valence-electron chi connectivity index (χ1n) is 7.32. The molecular weight excluding hydrogens is 255 g/mol. The Hall–Kier alpha value is -1.58. The van der Waals surface area contributed by atoms with Crippen molar-refractivity contribution in [3.05, 3.63) is 29.1 Å². The van der Waals surface area contributed by atoms with E-state index in [1.54, 1.807) is 13.0 Å². The maximum absolute atomic E-state index is 13.8. The lowest BCUT2D eigenvalue weighted by Crippen LogP contribution is -2.18. The van der Waals surface area contributed by atoms with E-state index in [0.717, 1.165) is 12.8 Å². The summed E-state index contributed by atoms with van der Waals surface area (Å²) < 4.78 is 13.8. The Morgan fingerprint density at radius 1 is 1.35 bits per heavy atom. The average molecular weight is 280 g/mol. The van der Waals surface area contributed by atoms with Crippen molar-refractivity contribution >= 4 is 11.6 Å².